The van der Waals surface area contributed by atoms with Gasteiger partial charge >= 0.3 is 0 Å². The van der Waals surface area contributed by atoms with Crippen LogP contribution in [0.2, 0.25) is 0 Å². The Morgan fingerprint density at radius 2 is 2.08 bits per heavy atom. The van der Waals surface area contributed by atoms with Crippen LogP contribution in [0.25, 0.3) is 0 Å². The zero-order valence-corrected chi connectivity index (χ0v) is 16.8. The Balaban J connectivity index is 0.00000225. The summed E-state index contributed by atoms with van der Waals surface area (Å²) in [7, 11) is 3.35. The lowest BCUT2D eigenvalue weighted by Crippen LogP contribution is -2.40. The molecular weight excluding hydrogens is 432 g/mol. The summed E-state index contributed by atoms with van der Waals surface area (Å²) >= 11 is 0. The van der Waals surface area contributed by atoms with Gasteiger partial charge in [-0.25, -0.2) is 4.39 Å². The maximum Gasteiger partial charge on any atom is 0.198 e. The van der Waals surface area contributed by atoms with E-state index in [1.165, 1.54) is 17.3 Å². The summed E-state index contributed by atoms with van der Waals surface area (Å²) in [4.78, 5) is 6.58. The summed E-state index contributed by atoms with van der Waals surface area (Å²) in [5, 5.41) is 3.37. The molecule has 0 bridgehead atoms. The molecule has 4 nitrogen and oxygen atoms in total. The molecule has 3 rings (SSSR count). The van der Waals surface area contributed by atoms with Gasteiger partial charge in [0.2, 0.25) is 0 Å². The van der Waals surface area contributed by atoms with Crippen molar-refractivity contribution >= 4 is 35.6 Å². The molecule has 1 aliphatic rings. The van der Waals surface area contributed by atoms with Crippen molar-refractivity contribution in [1.29, 1.82) is 0 Å². The molecule has 0 saturated heterocycles. The Hall–Kier alpha value is -1.67. The molecule has 2 aromatic rings. The van der Waals surface area contributed by atoms with E-state index >= 15 is 0 Å². The van der Waals surface area contributed by atoms with Crippen LogP contribution in [0, 0.1) is 5.82 Å². The lowest BCUT2D eigenvalue weighted by atomic mass is 10.1. The normalized spacial score (nSPS) is 13.4. The van der Waals surface area contributed by atoms with E-state index in [0.29, 0.717) is 12.1 Å². The largest absolute Gasteiger partial charge is 0.380 e. The van der Waals surface area contributed by atoms with Crippen molar-refractivity contribution < 1.29 is 9.13 Å². The topological polar surface area (TPSA) is 36.9 Å². The fraction of sp³-hybridized carbons (Fsp3) is 0.316. The summed E-state index contributed by atoms with van der Waals surface area (Å²) in [5.74, 6) is 0.594. The number of nitrogens with one attached hydrogen (secondary N) is 1. The molecule has 0 spiro atoms. The monoisotopic (exact) mass is 455 g/mol. The summed E-state index contributed by atoms with van der Waals surface area (Å²) in [6.07, 6.45) is 1.02. The van der Waals surface area contributed by atoms with E-state index in [-0.39, 0.29) is 36.4 Å². The van der Waals surface area contributed by atoms with Crippen LogP contribution in [0.4, 0.5) is 10.1 Å². The lowest BCUT2D eigenvalue weighted by molar-refractivity contribution is 0.181. The van der Waals surface area contributed by atoms with Crippen molar-refractivity contribution in [3.8, 4) is 0 Å². The number of anilines is 1. The molecule has 134 valence electrons. The van der Waals surface area contributed by atoms with Gasteiger partial charge in [-0.15, -0.1) is 24.0 Å². The van der Waals surface area contributed by atoms with Crippen molar-refractivity contribution in [3.63, 3.8) is 0 Å². The van der Waals surface area contributed by atoms with Gasteiger partial charge in [0.15, 0.2) is 5.96 Å². The first-order valence-electron chi connectivity index (χ1n) is 8.05. The Morgan fingerprint density at radius 3 is 2.84 bits per heavy atom. The summed E-state index contributed by atoms with van der Waals surface area (Å²) in [6, 6.07) is 13.5. The molecule has 0 fully saturated rings. The van der Waals surface area contributed by atoms with Gasteiger partial charge < -0.3 is 15.0 Å². The van der Waals surface area contributed by atoms with Crippen molar-refractivity contribution in [3.05, 3.63) is 65.0 Å². The molecular formula is C19H23FIN3O. The van der Waals surface area contributed by atoms with E-state index in [9.17, 15) is 4.39 Å². The Bertz CT molecular complexity index is 751. The first-order valence-corrected chi connectivity index (χ1v) is 8.05. The van der Waals surface area contributed by atoms with E-state index in [1.807, 2.05) is 12.1 Å². The third-order valence-electron chi connectivity index (χ3n) is 4.22. The molecule has 2 aromatic carbocycles. The van der Waals surface area contributed by atoms with Crippen LogP contribution in [-0.4, -0.2) is 26.7 Å². The number of guanidine groups is 1. The highest BCUT2D eigenvalue weighted by atomic mass is 127. The van der Waals surface area contributed by atoms with Crippen LogP contribution in [0.15, 0.2) is 47.5 Å². The summed E-state index contributed by atoms with van der Waals surface area (Å²) < 4.78 is 18.7. The molecule has 1 heterocycles. The van der Waals surface area contributed by atoms with Gasteiger partial charge in [0.25, 0.3) is 0 Å². The van der Waals surface area contributed by atoms with E-state index in [4.69, 9.17) is 4.74 Å². The summed E-state index contributed by atoms with van der Waals surface area (Å²) in [5.41, 5.74) is 4.10. The molecule has 0 radical (unpaired) electrons. The number of nitrogens with zero attached hydrogens (tertiary/aromatic N) is 2. The second kappa shape index (κ2) is 9.15. The van der Waals surface area contributed by atoms with Crippen LogP contribution >= 0.6 is 24.0 Å². The highest BCUT2D eigenvalue weighted by molar-refractivity contribution is 14.0. The highest BCUT2D eigenvalue weighted by Crippen LogP contribution is 2.27. The van der Waals surface area contributed by atoms with Gasteiger partial charge in [-0.2, -0.15) is 0 Å². The van der Waals surface area contributed by atoms with Crippen LogP contribution in [0.3, 0.4) is 0 Å². The standard InChI is InChI=1S/C19H22FN3O.HI/c1-21-19(23-10-9-15-5-3-4-6-18(15)23)22-12-14-7-8-17(20)16(11-14)13-24-2;/h3-8,11H,9-10,12-13H2,1-2H3,(H,21,22);1H. The van der Waals surface area contributed by atoms with Crippen LogP contribution in [-0.2, 0) is 24.3 Å². The maximum absolute atomic E-state index is 13.7. The number of benzene rings is 2. The van der Waals surface area contributed by atoms with Gasteiger partial charge in [0, 0.05) is 38.5 Å². The van der Waals surface area contributed by atoms with E-state index < -0.39 is 0 Å². The van der Waals surface area contributed by atoms with Gasteiger partial charge in [-0.3, -0.25) is 4.99 Å². The SMILES string of the molecule is CN=C(NCc1ccc(F)c(COC)c1)N1CCc2ccccc21.I. The Kier molecular flexibility index (Phi) is 7.19. The average molecular weight is 455 g/mol. The minimum absolute atomic E-state index is 0. The molecule has 0 aliphatic carbocycles. The molecule has 0 saturated carbocycles. The predicted molar refractivity (Wildman–Crippen MR) is 110 cm³/mol. The minimum atomic E-state index is -0.238. The first kappa shape index (κ1) is 19.7. The molecule has 25 heavy (non-hydrogen) atoms. The van der Waals surface area contributed by atoms with Gasteiger partial charge in [0.05, 0.1) is 6.61 Å². The Morgan fingerprint density at radius 1 is 1.28 bits per heavy atom. The number of aliphatic imine (C=N–C) groups is 1. The molecule has 0 atom stereocenters. The first-order chi connectivity index (χ1) is 11.7. The lowest BCUT2D eigenvalue weighted by Gasteiger charge is -2.22. The van der Waals surface area contributed by atoms with E-state index in [0.717, 1.165) is 24.5 Å². The molecule has 0 unspecified atom stereocenters. The third kappa shape index (κ3) is 4.49. The molecule has 6 heteroatoms. The fourth-order valence-corrected chi connectivity index (χ4v) is 3.04. The number of ether oxygens (including phenoxy) is 1. The minimum Gasteiger partial charge on any atom is -0.380 e. The van der Waals surface area contributed by atoms with Crippen molar-refractivity contribution in [2.75, 3.05) is 25.6 Å². The number of rotatable bonds is 4. The number of methoxy groups -OCH3 is 1. The second-order valence-electron chi connectivity index (χ2n) is 5.79. The molecule has 0 amide bonds. The van der Waals surface area contributed by atoms with Gasteiger partial charge in [0.1, 0.15) is 5.82 Å². The Labute approximate surface area is 165 Å². The zero-order chi connectivity index (χ0) is 16.9. The van der Waals surface area contributed by atoms with E-state index in [2.05, 4.69) is 33.4 Å². The molecule has 0 aromatic heterocycles. The smallest absolute Gasteiger partial charge is 0.198 e. The van der Waals surface area contributed by atoms with Crippen molar-refractivity contribution in [1.82, 2.24) is 5.32 Å². The summed E-state index contributed by atoms with van der Waals surface area (Å²) in [6.45, 7) is 1.77. The van der Waals surface area contributed by atoms with Crippen molar-refractivity contribution in [2.45, 2.75) is 19.6 Å². The number of halogens is 2. The predicted octanol–water partition coefficient (Wildman–Crippen LogP) is 3.73. The third-order valence-corrected chi connectivity index (χ3v) is 4.22. The van der Waals surface area contributed by atoms with Crippen molar-refractivity contribution in [2.24, 2.45) is 4.99 Å². The maximum atomic E-state index is 13.7. The fourth-order valence-electron chi connectivity index (χ4n) is 3.04. The van der Waals surface area contributed by atoms with Gasteiger partial charge in [-0.05, 0) is 35.7 Å². The number of para-hydroxylation sites is 1. The number of hydrogen-bond donors (Lipinski definition) is 1. The van der Waals surface area contributed by atoms with Gasteiger partial charge in [-0.1, -0.05) is 24.3 Å². The highest BCUT2D eigenvalue weighted by Gasteiger charge is 2.22. The quantitative estimate of drug-likeness (QED) is 0.434. The van der Waals surface area contributed by atoms with Crippen LogP contribution in [0.1, 0.15) is 16.7 Å². The number of fused-ring (bicyclic) bond motifs is 1. The number of hydrogen-bond acceptors (Lipinski definition) is 2. The zero-order valence-electron chi connectivity index (χ0n) is 14.5. The van der Waals surface area contributed by atoms with Crippen LogP contribution < -0.4 is 10.2 Å². The average Bonchev–Trinajstić information content (AvgIpc) is 3.03. The van der Waals surface area contributed by atoms with Crippen LogP contribution in [0.5, 0.6) is 0 Å². The van der Waals surface area contributed by atoms with E-state index in [1.54, 1.807) is 20.2 Å². The molecule has 1 aliphatic heterocycles. The second-order valence-corrected chi connectivity index (χ2v) is 5.79. The molecule has 1 N–H and O–H groups in total.